The number of para-hydroxylation sites is 4. The molecule has 0 aliphatic carbocycles. The van der Waals surface area contributed by atoms with Gasteiger partial charge in [-0.05, 0) is 134 Å². The van der Waals surface area contributed by atoms with Crippen LogP contribution in [0.25, 0.3) is 27.5 Å². The van der Waals surface area contributed by atoms with E-state index in [9.17, 15) is 9.59 Å². The lowest BCUT2D eigenvalue weighted by Crippen LogP contribution is -2.30. The molecule has 0 radical (unpaired) electrons. The molecule has 0 bridgehead atoms. The Labute approximate surface area is 383 Å². The summed E-state index contributed by atoms with van der Waals surface area (Å²) in [5, 5.41) is 2.16. The molecule has 6 nitrogen and oxygen atoms in total. The summed E-state index contributed by atoms with van der Waals surface area (Å²) in [5.74, 6) is 6.37. The van der Waals surface area contributed by atoms with E-state index in [0.29, 0.717) is 22.4 Å². The van der Waals surface area contributed by atoms with Gasteiger partial charge in [-0.15, -0.1) is 0 Å². The van der Waals surface area contributed by atoms with E-state index in [1.807, 2.05) is 49.4 Å². The van der Waals surface area contributed by atoms with Crippen molar-refractivity contribution in [3.05, 3.63) is 252 Å². The molecule has 66 heavy (non-hydrogen) atoms. The molecule has 0 atom stereocenters. The van der Waals surface area contributed by atoms with Crippen LogP contribution >= 0.6 is 0 Å². The molecule has 10 aromatic rings. The number of carbonyl (C=O) groups excluding carboxylic acids is 2. The van der Waals surface area contributed by atoms with Gasteiger partial charge in [-0.2, -0.15) is 0 Å². The Morgan fingerprint density at radius 2 is 0.727 bits per heavy atom. The molecule has 314 valence electrons. The maximum Gasteiger partial charge on any atom is 0.266 e. The van der Waals surface area contributed by atoms with Crippen LogP contribution in [0.5, 0.6) is 0 Å². The quantitative estimate of drug-likeness (QED) is 0.113. The number of anilines is 7. The van der Waals surface area contributed by atoms with Crippen LogP contribution in [0.2, 0.25) is 0 Å². The number of nitrogens with zero attached hydrogens (tertiary/aromatic N) is 4. The Morgan fingerprint density at radius 3 is 1.14 bits per heavy atom. The van der Waals surface area contributed by atoms with Crippen LogP contribution in [0.15, 0.2) is 218 Å². The molecular weight excluding hydrogens is 809 g/mol. The molecule has 6 heteroatoms. The number of amides is 2. The van der Waals surface area contributed by atoms with E-state index in [2.05, 4.69) is 185 Å². The van der Waals surface area contributed by atoms with Crippen molar-refractivity contribution in [3.63, 3.8) is 0 Å². The second-order valence-electron chi connectivity index (χ2n) is 16.4. The van der Waals surface area contributed by atoms with Crippen molar-refractivity contribution in [1.82, 2.24) is 4.57 Å². The van der Waals surface area contributed by atoms with Gasteiger partial charge in [-0.1, -0.05) is 121 Å². The van der Waals surface area contributed by atoms with E-state index in [1.165, 1.54) is 4.90 Å². The molecule has 2 amide bonds. The summed E-state index contributed by atoms with van der Waals surface area (Å²) in [5.41, 5.74) is 13.8. The Kier molecular flexibility index (Phi) is 10.1. The number of rotatable bonds is 8. The monoisotopic (exact) mass is 850 g/mol. The molecule has 1 aromatic heterocycles. The average Bonchev–Trinajstić information content (AvgIpc) is 3.81. The van der Waals surface area contributed by atoms with Crippen LogP contribution in [-0.2, 0) is 0 Å². The molecule has 2 heterocycles. The normalized spacial score (nSPS) is 12.0. The molecule has 9 aromatic carbocycles. The van der Waals surface area contributed by atoms with Gasteiger partial charge < -0.3 is 14.4 Å². The molecule has 0 N–H and O–H groups in total. The largest absolute Gasteiger partial charge is 0.310 e. The van der Waals surface area contributed by atoms with E-state index < -0.39 is 0 Å². The standard InChI is InChI=1S/C60H42N4O2/c1-41-19-17-31-55(49(41)35-36-50-42(2)20-18-32-56(50)64-59(65)51-29-15-16-30-52(51)60(64)66)63-57-37-33-47(61(43-21-7-3-8-22-43)44-23-9-4-10-24-44)39-53(57)54-40-48(34-38-58(54)63)62(45-25-11-5-12-26-45)46-27-13-6-14-28-46/h3-34,37-40H,1-2H3. The highest BCUT2D eigenvalue weighted by Crippen LogP contribution is 2.43. The van der Waals surface area contributed by atoms with Crippen LogP contribution in [-0.4, -0.2) is 16.4 Å². The summed E-state index contributed by atoms with van der Waals surface area (Å²) in [6.07, 6.45) is 0. The van der Waals surface area contributed by atoms with Crippen molar-refractivity contribution in [2.75, 3.05) is 14.7 Å². The van der Waals surface area contributed by atoms with Crippen molar-refractivity contribution in [1.29, 1.82) is 0 Å². The second kappa shape index (κ2) is 16.7. The summed E-state index contributed by atoms with van der Waals surface area (Å²) < 4.78 is 2.32. The summed E-state index contributed by atoms with van der Waals surface area (Å²) >= 11 is 0. The van der Waals surface area contributed by atoms with Gasteiger partial charge in [-0.3, -0.25) is 9.59 Å². The zero-order valence-corrected chi connectivity index (χ0v) is 36.4. The van der Waals surface area contributed by atoms with Gasteiger partial charge in [-0.25, -0.2) is 4.90 Å². The van der Waals surface area contributed by atoms with Crippen LogP contribution in [0, 0.1) is 25.7 Å². The van der Waals surface area contributed by atoms with Gasteiger partial charge in [0.2, 0.25) is 0 Å². The first kappa shape index (κ1) is 39.9. The first-order valence-electron chi connectivity index (χ1n) is 22.0. The number of hydrogen-bond donors (Lipinski definition) is 0. The Hall–Kier alpha value is -8.92. The zero-order valence-electron chi connectivity index (χ0n) is 36.4. The molecule has 1 aliphatic heterocycles. The lowest BCUT2D eigenvalue weighted by atomic mass is 10.0. The van der Waals surface area contributed by atoms with E-state index in [0.717, 1.165) is 78.3 Å². The third-order valence-corrected chi connectivity index (χ3v) is 12.4. The average molecular weight is 851 g/mol. The number of hydrogen-bond acceptors (Lipinski definition) is 4. The number of aryl methyl sites for hydroxylation is 2. The topological polar surface area (TPSA) is 48.8 Å². The first-order valence-corrected chi connectivity index (χ1v) is 22.0. The molecule has 0 saturated carbocycles. The highest BCUT2D eigenvalue weighted by molar-refractivity contribution is 6.34. The second-order valence-corrected chi connectivity index (χ2v) is 16.4. The van der Waals surface area contributed by atoms with Gasteiger partial charge in [0.15, 0.2) is 0 Å². The third kappa shape index (κ3) is 6.87. The lowest BCUT2D eigenvalue weighted by Gasteiger charge is -2.26. The van der Waals surface area contributed by atoms with Crippen LogP contribution < -0.4 is 14.7 Å². The molecular formula is C60H42N4O2. The number of imide groups is 1. The fourth-order valence-electron chi connectivity index (χ4n) is 9.28. The minimum Gasteiger partial charge on any atom is -0.310 e. The van der Waals surface area contributed by atoms with E-state index in [4.69, 9.17) is 0 Å². The van der Waals surface area contributed by atoms with Crippen molar-refractivity contribution in [2.24, 2.45) is 0 Å². The number of aromatic nitrogens is 1. The van der Waals surface area contributed by atoms with Crippen molar-refractivity contribution < 1.29 is 9.59 Å². The van der Waals surface area contributed by atoms with Crippen molar-refractivity contribution in [3.8, 4) is 17.5 Å². The first-order chi connectivity index (χ1) is 32.4. The van der Waals surface area contributed by atoms with E-state index in [-0.39, 0.29) is 11.8 Å². The number of fused-ring (bicyclic) bond motifs is 4. The lowest BCUT2D eigenvalue weighted by molar-refractivity contribution is 0.0926. The fraction of sp³-hybridized carbons (Fsp3) is 0.0333. The molecule has 0 unspecified atom stereocenters. The minimum atomic E-state index is -0.346. The van der Waals surface area contributed by atoms with Crippen LogP contribution in [0.1, 0.15) is 43.0 Å². The minimum absolute atomic E-state index is 0.346. The smallest absolute Gasteiger partial charge is 0.266 e. The van der Waals surface area contributed by atoms with Gasteiger partial charge >= 0.3 is 0 Å². The van der Waals surface area contributed by atoms with Crippen molar-refractivity contribution >= 4 is 73.4 Å². The predicted molar refractivity (Wildman–Crippen MR) is 270 cm³/mol. The Balaban J connectivity index is 1.13. The van der Waals surface area contributed by atoms with Gasteiger partial charge in [0.25, 0.3) is 11.8 Å². The third-order valence-electron chi connectivity index (χ3n) is 12.4. The fourth-order valence-corrected chi connectivity index (χ4v) is 9.28. The predicted octanol–water partition coefficient (Wildman–Crippen LogP) is 14.5. The summed E-state index contributed by atoms with van der Waals surface area (Å²) in [6.45, 7) is 4.05. The molecule has 0 fully saturated rings. The number of carbonyl (C=O) groups is 2. The van der Waals surface area contributed by atoms with Gasteiger partial charge in [0.1, 0.15) is 0 Å². The SMILES string of the molecule is Cc1cccc(N2C(=O)c3ccccc3C2=O)c1C#Cc1c(C)cccc1-n1c2ccc(N(c3ccccc3)c3ccccc3)cc2c2cc(N(c3ccccc3)c3ccccc3)ccc21. The van der Waals surface area contributed by atoms with Gasteiger partial charge in [0, 0.05) is 44.9 Å². The Morgan fingerprint density at radius 1 is 0.364 bits per heavy atom. The molecule has 1 aliphatic rings. The van der Waals surface area contributed by atoms with Crippen LogP contribution in [0.3, 0.4) is 0 Å². The molecule has 0 spiro atoms. The maximum absolute atomic E-state index is 13.8. The summed E-state index contributed by atoms with van der Waals surface area (Å²) in [6, 6.07) is 74.2. The summed E-state index contributed by atoms with van der Waals surface area (Å²) in [7, 11) is 0. The Bertz CT molecular complexity index is 3300. The number of benzene rings is 9. The van der Waals surface area contributed by atoms with Gasteiger partial charge in [0.05, 0.1) is 44.7 Å². The van der Waals surface area contributed by atoms with Crippen molar-refractivity contribution in [2.45, 2.75) is 13.8 Å². The zero-order chi connectivity index (χ0) is 44.7. The van der Waals surface area contributed by atoms with E-state index >= 15 is 0 Å². The highest BCUT2D eigenvalue weighted by atomic mass is 16.2. The summed E-state index contributed by atoms with van der Waals surface area (Å²) in [4.78, 5) is 33.4. The molecule has 0 saturated heterocycles. The highest BCUT2D eigenvalue weighted by Gasteiger charge is 2.37. The molecule has 11 rings (SSSR count). The maximum atomic E-state index is 13.8. The van der Waals surface area contributed by atoms with Crippen LogP contribution in [0.4, 0.5) is 39.8 Å². The van der Waals surface area contributed by atoms with E-state index in [1.54, 1.807) is 24.3 Å².